The molecule has 0 heterocycles. The first-order valence-electron chi connectivity index (χ1n) is 6.62. The van der Waals surface area contributed by atoms with E-state index in [9.17, 15) is 10.1 Å². The molecule has 4 nitrogen and oxygen atoms in total. The maximum atomic E-state index is 10.6. The lowest BCUT2D eigenvalue weighted by molar-refractivity contribution is -0.139. The normalized spacial score (nSPS) is 11.0. The summed E-state index contributed by atoms with van der Waals surface area (Å²) in [6.45, 7) is -0.498. The molecule has 0 saturated carbocycles. The zero-order chi connectivity index (χ0) is 17.7. The number of allylic oxidation sites excluding steroid dienone is 1. The molecule has 0 amide bonds. The van der Waals surface area contributed by atoms with Gasteiger partial charge in [-0.1, -0.05) is 35.3 Å². The van der Waals surface area contributed by atoms with Crippen molar-refractivity contribution < 1.29 is 14.6 Å². The zero-order valence-corrected chi connectivity index (χ0v) is 15.2. The third kappa shape index (κ3) is 4.75. The number of aliphatic carboxylic acids is 1. The van der Waals surface area contributed by atoms with Gasteiger partial charge in [-0.05, 0) is 57.4 Å². The minimum atomic E-state index is -1.10. The molecular weight excluding hydrogens is 417 g/mol. The van der Waals surface area contributed by atoms with Gasteiger partial charge in [0.15, 0.2) is 12.4 Å². The van der Waals surface area contributed by atoms with E-state index in [-0.39, 0.29) is 10.8 Å². The van der Waals surface area contributed by atoms with Crippen molar-refractivity contribution in [1.82, 2.24) is 0 Å². The lowest BCUT2D eigenvalue weighted by Gasteiger charge is -2.09. The number of ether oxygens (including phenoxy) is 1. The van der Waals surface area contributed by atoms with Crippen molar-refractivity contribution in [3.8, 4) is 11.8 Å². The molecule has 0 fully saturated rings. The molecule has 0 saturated heterocycles. The Labute approximate surface area is 157 Å². The van der Waals surface area contributed by atoms with E-state index in [2.05, 4.69) is 22.0 Å². The summed E-state index contributed by atoms with van der Waals surface area (Å²) in [5.74, 6) is -0.863. The number of halogens is 3. The first-order chi connectivity index (χ1) is 11.4. The molecule has 1 N–H and O–H groups in total. The molecule has 0 radical (unpaired) electrons. The average molecular weight is 427 g/mol. The van der Waals surface area contributed by atoms with Gasteiger partial charge in [-0.25, -0.2) is 4.79 Å². The Kier molecular flexibility index (Phi) is 6.27. The van der Waals surface area contributed by atoms with E-state index in [1.165, 1.54) is 0 Å². The van der Waals surface area contributed by atoms with Crippen LogP contribution in [-0.4, -0.2) is 17.7 Å². The monoisotopic (exact) mass is 425 g/mol. The molecule has 2 aromatic rings. The summed E-state index contributed by atoms with van der Waals surface area (Å²) < 4.78 is 5.63. The van der Waals surface area contributed by atoms with Gasteiger partial charge in [0, 0.05) is 5.02 Å². The first kappa shape index (κ1) is 18.3. The lowest BCUT2D eigenvalue weighted by atomic mass is 10.0. The molecule has 7 heteroatoms. The summed E-state index contributed by atoms with van der Waals surface area (Å²) >= 11 is 15.3. The van der Waals surface area contributed by atoms with Gasteiger partial charge in [-0.2, -0.15) is 5.26 Å². The number of carbonyl (C=O) groups is 1. The number of rotatable bonds is 5. The van der Waals surface area contributed by atoms with Crippen LogP contribution in [-0.2, 0) is 4.79 Å². The largest absolute Gasteiger partial charge is 0.479 e. The number of carboxylic acid groups (broad SMARTS) is 1. The molecular formula is C17H10BrCl2NO3. The highest BCUT2D eigenvalue weighted by Crippen LogP contribution is 2.35. The van der Waals surface area contributed by atoms with Gasteiger partial charge in [0.25, 0.3) is 0 Å². The molecule has 122 valence electrons. The highest BCUT2D eigenvalue weighted by Gasteiger charge is 2.11. The van der Waals surface area contributed by atoms with Gasteiger partial charge in [0.1, 0.15) is 0 Å². The SMILES string of the molecule is N#C/C(=C/c1cc(Cl)c(OCC(=O)O)c(Br)c1)c1ccc(Cl)cc1. The van der Waals surface area contributed by atoms with Crippen molar-refractivity contribution in [2.45, 2.75) is 0 Å². The quantitative estimate of drug-likeness (QED) is 0.521. The third-order valence-corrected chi connectivity index (χ3v) is 4.07. The van der Waals surface area contributed by atoms with Crippen molar-refractivity contribution in [2.24, 2.45) is 0 Å². The predicted molar refractivity (Wildman–Crippen MR) is 97.2 cm³/mol. The fourth-order valence-electron chi connectivity index (χ4n) is 1.91. The summed E-state index contributed by atoms with van der Waals surface area (Å²) in [5, 5.41) is 18.9. The van der Waals surface area contributed by atoms with E-state index in [1.54, 1.807) is 42.5 Å². The van der Waals surface area contributed by atoms with Crippen molar-refractivity contribution in [1.29, 1.82) is 5.26 Å². The Balaban J connectivity index is 2.36. The molecule has 0 unspecified atom stereocenters. The number of carboxylic acids is 1. The van der Waals surface area contributed by atoms with Gasteiger partial charge in [-0.3, -0.25) is 0 Å². The molecule has 24 heavy (non-hydrogen) atoms. The Morgan fingerprint density at radius 2 is 1.96 bits per heavy atom. The molecule has 0 spiro atoms. The summed E-state index contributed by atoms with van der Waals surface area (Å²) in [6, 6.07) is 12.3. The molecule has 2 rings (SSSR count). The van der Waals surface area contributed by atoms with E-state index < -0.39 is 12.6 Å². The van der Waals surface area contributed by atoms with E-state index in [1.807, 2.05) is 0 Å². The van der Waals surface area contributed by atoms with E-state index in [0.717, 1.165) is 5.56 Å². The van der Waals surface area contributed by atoms with Crippen LogP contribution in [0.3, 0.4) is 0 Å². The average Bonchev–Trinajstić information content (AvgIpc) is 2.52. The molecule has 2 aromatic carbocycles. The maximum Gasteiger partial charge on any atom is 0.341 e. The van der Waals surface area contributed by atoms with Gasteiger partial charge in [-0.15, -0.1) is 0 Å². The van der Waals surface area contributed by atoms with Gasteiger partial charge in [0.05, 0.1) is 21.1 Å². The highest BCUT2D eigenvalue weighted by molar-refractivity contribution is 9.10. The smallest absolute Gasteiger partial charge is 0.341 e. The molecule has 0 aliphatic carbocycles. The second-order valence-corrected chi connectivity index (χ2v) is 6.37. The molecule has 0 bridgehead atoms. The maximum absolute atomic E-state index is 10.6. The number of hydrogen-bond acceptors (Lipinski definition) is 3. The van der Waals surface area contributed by atoms with E-state index >= 15 is 0 Å². The predicted octanol–water partition coefficient (Wildman–Crippen LogP) is 5.28. The minimum absolute atomic E-state index is 0.237. The fraction of sp³-hybridized carbons (Fsp3) is 0.0588. The second kappa shape index (κ2) is 8.20. The number of nitriles is 1. The van der Waals surface area contributed by atoms with E-state index in [4.69, 9.17) is 33.0 Å². The van der Waals surface area contributed by atoms with Crippen LogP contribution in [0.15, 0.2) is 40.9 Å². The molecule has 0 aliphatic heterocycles. The molecule has 0 atom stereocenters. The Bertz CT molecular complexity index is 819. The zero-order valence-electron chi connectivity index (χ0n) is 12.1. The van der Waals surface area contributed by atoms with Crippen molar-refractivity contribution in [2.75, 3.05) is 6.61 Å². The Hall–Kier alpha value is -2.00. The second-order valence-electron chi connectivity index (χ2n) is 4.67. The van der Waals surface area contributed by atoms with Gasteiger partial charge >= 0.3 is 5.97 Å². The Morgan fingerprint density at radius 3 is 2.50 bits per heavy atom. The summed E-state index contributed by atoms with van der Waals surface area (Å²) in [5.41, 5.74) is 1.83. The van der Waals surface area contributed by atoms with Crippen molar-refractivity contribution >= 4 is 56.8 Å². The van der Waals surface area contributed by atoms with Crippen LogP contribution in [0.25, 0.3) is 11.6 Å². The number of nitrogens with zero attached hydrogens (tertiary/aromatic N) is 1. The van der Waals surface area contributed by atoms with Gasteiger partial charge in [0.2, 0.25) is 0 Å². The number of hydrogen-bond donors (Lipinski definition) is 1. The highest BCUT2D eigenvalue weighted by atomic mass is 79.9. The summed E-state index contributed by atoms with van der Waals surface area (Å²) in [6.07, 6.45) is 1.67. The molecule has 0 aromatic heterocycles. The van der Waals surface area contributed by atoms with Crippen LogP contribution in [0.2, 0.25) is 10.0 Å². The lowest BCUT2D eigenvalue weighted by Crippen LogP contribution is -2.10. The van der Waals surface area contributed by atoms with Crippen LogP contribution < -0.4 is 4.74 Å². The standard InChI is InChI=1S/C17H10BrCl2NO3/c18-14-6-10(7-15(20)17(14)24-9-16(22)23)5-12(8-21)11-1-3-13(19)4-2-11/h1-7H,9H2,(H,22,23)/b12-5-. The van der Waals surface area contributed by atoms with Crippen LogP contribution >= 0.6 is 39.1 Å². The minimum Gasteiger partial charge on any atom is -0.479 e. The summed E-state index contributed by atoms with van der Waals surface area (Å²) in [4.78, 5) is 10.6. The third-order valence-electron chi connectivity index (χ3n) is 2.95. The number of benzene rings is 2. The van der Waals surface area contributed by atoms with Gasteiger partial charge < -0.3 is 9.84 Å². The van der Waals surface area contributed by atoms with E-state index in [0.29, 0.717) is 20.6 Å². The topological polar surface area (TPSA) is 70.3 Å². The Morgan fingerprint density at radius 1 is 1.29 bits per heavy atom. The van der Waals surface area contributed by atoms with Crippen molar-refractivity contribution in [3.63, 3.8) is 0 Å². The molecule has 0 aliphatic rings. The van der Waals surface area contributed by atoms with Crippen LogP contribution in [0.5, 0.6) is 5.75 Å². The van der Waals surface area contributed by atoms with Crippen LogP contribution in [0.4, 0.5) is 0 Å². The van der Waals surface area contributed by atoms with Crippen LogP contribution in [0.1, 0.15) is 11.1 Å². The van der Waals surface area contributed by atoms with Crippen LogP contribution in [0, 0.1) is 11.3 Å². The summed E-state index contributed by atoms with van der Waals surface area (Å²) in [7, 11) is 0. The fourth-order valence-corrected chi connectivity index (χ4v) is 3.03. The first-order valence-corrected chi connectivity index (χ1v) is 8.17. The van der Waals surface area contributed by atoms with Crippen molar-refractivity contribution in [3.05, 3.63) is 62.0 Å².